The number of pyridine rings is 2. The molecule has 166 valence electrons. The van der Waals surface area contributed by atoms with E-state index >= 15 is 0 Å². The number of rotatable bonds is 6. The van der Waals surface area contributed by atoms with Crippen LogP contribution in [0.5, 0.6) is 5.75 Å². The number of ether oxygens (including phenoxy) is 1. The standard InChI is InChI=1S/C24H15Cl2F2N3O2/c25-21-6-2-1-5-19(21)22-20(15-4-3-11-29-13-15)12-16(14-30-22)23(32)31-17-7-9-18(10-8-17)33-24(26,27)28/h1-14H,(H,31,32). The molecule has 1 amide bonds. The largest absolute Gasteiger partial charge is 0.487 e. The normalized spacial score (nSPS) is 11.2. The molecule has 0 bridgehead atoms. The van der Waals surface area contributed by atoms with Crippen molar-refractivity contribution in [2.24, 2.45) is 0 Å². The molecule has 0 unspecified atom stereocenters. The van der Waals surface area contributed by atoms with Crippen molar-refractivity contribution in [2.45, 2.75) is 5.57 Å². The average Bonchev–Trinajstić information content (AvgIpc) is 2.80. The molecule has 0 aliphatic carbocycles. The van der Waals surface area contributed by atoms with Crippen LogP contribution in [0, 0.1) is 0 Å². The first kappa shape index (κ1) is 22.6. The summed E-state index contributed by atoms with van der Waals surface area (Å²) >= 11 is 11.1. The van der Waals surface area contributed by atoms with Crippen LogP contribution in [0.1, 0.15) is 10.4 Å². The number of nitrogens with zero attached hydrogens (tertiary/aromatic N) is 2. The molecule has 2 heterocycles. The number of alkyl halides is 3. The van der Waals surface area contributed by atoms with Crippen LogP contribution in [0.25, 0.3) is 22.4 Å². The lowest BCUT2D eigenvalue weighted by atomic mass is 9.98. The number of benzene rings is 2. The van der Waals surface area contributed by atoms with Crippen LogP contribution in [0.4, 0.5) is 14.5 Å². The highest BCUT2D eigenvalue weighted by Gasteiger charge is 2.27. The van der Waals surface area contributed by atoms with Crippen molar-refractivity contribution >= 4 is 34.8 Å². The number of hydrogen-bond acceptors (Lipinski definition) is 4. The van der Waals surface area contributed by atoms with Crippen molar-refractivity contribution < 1.29 is 18.3 Å². The number of anilines is 1. The van der Waals surface area contributed by atoms with Crippen molar-refractivity contribution in [3.8, 4) is 28.1 Å². The quantitative estimate of drug-likeness (QED) is 0.302. The van der Waals surface area contributed by atoms with Gasteiger partial charge in [-0.15, -0.1) is 8.78 Å². The summed E-state index contributed by atoms with van der Waals surface area (Å²) in [7, 11) is 0. The van der Waals surface area contributed by atoms with Crippen LogP contribution in [0.15, 0.2) is 85.3 Å². The van der Waals surface area contributed by atoms with Crippen molar-refractivity contribution in [2.75, 3.05) is 5.32 Å². The van der Waals surface area contributed by atoms with Gasteiger partial charge in [0.05, 0.1) is 11.3 Å². The zero-order valence-corrected chi connectivity index (χ0v) is 18.3. The monoisotopic (exact) mass is 485 g/mol. The molecule has 9 heteroatoms. The third-order valence-electron chi connectivity index (χ3n) is 4.60. The topological polar surface area (TPSA) is 64.1 Å². The molecular formula is C24H15Cl2F2N3O2. The van der Waals surface area contributed by atoms with Gasteiger partial charge in [-0.05, 0) is 42.5 Å². The molecule has 33 heavy (non-hydrogen) atoms. The Kier molecular flexibility index (Phi) is 6.53. The fourth-order valence-electron chi connectivity index (χ4n) is 3.14. The molecule has 0 fully saturated rings. The Hall–Kier alpha value is -3.55. The van der Waals surface area contributed by atoms with Crippen molar-refractivity contribution in [3.63, 3.8) is 0 Å². The highest BCUT2D eigenvalue weighted by molar-refractivity contribution is 6.33. The van der Waals surface area contributed by atoms with E-state index in [0.717, 1.165) is 11.1 Å². The van der Waals surface area contributed by atoms with E-state index in [-0.39, 0.29) is 11.3 Å². The predicted molar refractivity (Wildman–Crippen MR) is 124 cm³/mol. The summed E-state index contributed by atoms with van der Waals surface area (Å²) in [5, 5.41) is 3.23. The minimum absolute atomic E-state index is 0.141. The molecule has 0 aliphatic rings. The van der Waals surface area contributed by atoms with E-state index in [1.54, 1.807) is 30.6 Å². The fourth-order valence-corrected chi connectivity index (χ4v) is 3.46. The second-order valence-corrected chi connectivity index (χ2v) is 7.72. The van der Waals surface area contributed by atoms with Gasteiger partial charge in [0.25, 0.3) is 5.91 Å². The summed E-state index contributed by atoms with van der Waals surface area (Å²) in [6.45, 7) is 0. The number of hydrogen-bond donors (Lipinski definition) is 1. The number of carbonyl (C=O) groups excluding carboxylic acids is 1. The number of nitrogens with one attached hydrogen (secondary N) is 1. The van der Waals surface area contributed by atoms with E-state index in [1.165, 1.54) is 30.5 Å². The Balaban J connectivity index is 1.65. The Morgan fingerprint density at radius 2 is 1.73 bits per heavy atom. The molecule has 0 atom stereocenters. The summed E-state index contributed by atoms with van der Waals surface area (Å²) in [5.74, 6) is -0.577. The van der Waals surface area contributed by atoms with E-state index in [0.29, 0.717) is 22.0 Å². The summed E-state index contributed by atoms with van der Waals surface area (Å²) in [5.41, 5.74) is -0.386. The second kappa shape index (κ2) is 9.52. The molecule has 2 aromatic carbocycles. The Bertz CT molecular complexity index is 1280. The lowest BCUT2D eigenvalue weighted by molar-refractivity contribution is -0.0964. The Morgan fingerprint density at radius 1 is 0.970 bits per heavy atom. The summed E-state index contributed by atoms with van der Waals surface area (Å²) in [6.07, 6.45) is 4.76. The molecule has 4 rings (SSSR count). The van der Waals surface area contributed by atoms with Crippen LogP contribution in [-0.4, -0.2) is 21.4 Å². The van der Waals surface area contributed by atoms with Crippen LogP contribution in [0.2, 0.25) is 5.02 Å². The van der Waals surface area contributed by atoms with Crippen LogP contribution in [-0.2, 0) is 0 Å². The highest BCUT2D eigenvalue weighted by Crippen LogP contribution is 2.35. The van der Waals surface area contributed by atoms with Gasteiger partial charge in [-0.25, -0.2) is 0 Å². The van der Waals surface area contributed by atoms with Crippen molar-refractivity contribution in [3.05, 3.63) is 95.9 Å². The maximum atomic E-state index is 12.9. The first-order valence-corrected chi connectivity index (χ1v) is 10.4. The van der Waals surface area contributed by atoms with Gasteiger partial charge >= 0.3 is 5.57 Å². The lowest BCUT2D eigenvalue weighted by Crippen LogP contribution is -2.16. The number of halogens is 4. The van der Waals surface area contributed by atoms with Gasteiger partial charge in [0.1, 0.15) is 5.75 Å². The van der Waals surface area contributed by atoms with Crippen LogP contribution in [0.3, 0.4) is 0 Å². The van der Waals surface area contributed by atoms with E-state index in [1.807, 2.05) is 24.3 Å². The lowest BCUT2D eigenvalue weighted by Gasteiger charge is -2.13. The third-order valence-corrected chi connectivity index (χ3v) is 5.00. The summed E-state index contributed by atoms with van der Waals surface area (Å²) in [4.78, 5) is 21.5. The molecule has 0 saturated carbocycles. The highest BCUT2D eigenvalue weighted by atomic mass is 35.5. The zero-order valence-electron chi connectivity index (χ0n) is 16.8. The first-order chi connectivity index (χ1) is 15.8. The van der Waals surface area contributed by atoms with E-state index in [2.05, 4.69) is 20.0 Å². The summed E-state index contributed by atoms with van der Waals surface area (Å²) in [6, 6.07) is 18.0. The van der Waals surface area contributed by atoms with Gasteiger partial charge in [0.15, 0.2) is 0 Å². The Morgan fingerprint density at radius 3 is 2.39 bits per heavy atom. The van der Waals surface area contributed by atoms with E-state index in [4.69, 9.17) is 23.2 Å². The molecule has 4 aromatic rings. The average molecular weight is 486 g/mol. The maximum absolute atomic E-state index is 12.9. The van der Waals surface area contributed by atoms with Gasteiger partial charge < -0.3 is 10.1 Å². The molecule has 1 N–H and O–H groups in total. The maximum Gasteiger partial charge on any atom is 0.487 e. The smallest absolute Gasteiger partial charge is 0.420 e. The van der Waals surface area contributed by atoms with Crippen molar-refractivity contribution in [1.29, 1.82) is 0 Å². The number of carbonyl (C=O) groups is 1. The molecule has 0 radical (unpaired) electrons. The van der Waals surface area contributed by atoms with Gasteiger partial charge in [-0.3, -0.25) is 14.8 Å². The second-order valence-electron chi connectivity index (χ2n) is 6.87. The minimum atomic E-state index is -3.82. The Labute approximate surface area is 198 Å². The van der Waals surface area contributed by atoms with Crippen molar-refractivity contribution in [1.82, 2.24) is 9.97 Å². The zero-order chi connectivity index (χ0) is 23.4. The van der Waals surface area contributed by atoms with Gasteiger partial charge in [-0.2, -0.15) is 0 Å². The predicted octanol–water partition coefficient (Wildman–Crippen LogP) is 6.88. The SMILES string of the molecule is O=C(Nc1ccc(OC(F)(F)Cl)cc1)c1cnc(-c2ccccc2Cl)c(-c2cccnc2)c1. The summed E-state index contributed by atoms with van der Waals surface area (Å²) < 4.78 is 29.8. The van der Waals surface area contributed by atoms with Crippen LogP contribution >= 0.6 is 23.2 Å². The molecule has 2 aromatic heterocycles. The molecule has 0 saturated heterocycles. The molecular weight excluding hydrogens is 471 g/mol. The molecule has 0 spiro atoms. The fraction of sp³-hybridized carbons (Fsp3) is 0.0417. The molecule has 5 nitrogen and oxygen atoms in total. The van der Waals surface area contributed by atoms with Gasteiger partial charge in [0.2, 0.25) is 0 Å². The number of amides is 1. The van der Waals surface area contributed by atoms with Gasteiger partial charge in [0, 0.05) is 57.6 Å². The van der Waals surface area contributed by atoms with E-state index in [9.17, 15) is 13.6 Å². The first-order valence-electron chi connectivity index (χ1n) is 9.63. The molecule has 0 aliphatic heterocycles. The number of aromatic nitrogens is 2. The minimum Gasteiger partial charge on any atom is -0.420 e. The third kappa shape index (κ3) is 5.63. The van der Waals surface area contributed by atoms with E-state index < -0.39 is 11.5 Å². The van der Waals surface area contributed by atoms with Gasteiger partial charge in [-0.1, -0.05) is 35.9 Å². The van der Waals surface area contributed by atoms with Crippen LogP contribution < -0.4 is 10.1 Å².